The molecule has 4 aromatic rings. The summed E-state index contributed by atoms with van der Waals surface area (Å²) in [7, 11) is -0.756. The molecule has 39 heavy (non-hydrogen) atoms. The highest BCUT2D eigenvalue weighted by Gasteiger charge is 2.26. The fourth-order valence-electron chi connectivity index (χ4n) is 4.40. The lowest BCUT2D eigenvalue weighted by Crippen LogP contribution is -2.28. The summed E-state index contributed by atoms with van der Waals surface area (Å²) in [6.07, 6.45) is 3.76. The first-order chi connectivity index (χ1) is 18.4. The fraction of sp³-hybridized carbons (Fsp3) is 0.452. The van der Waals surface area contributed by atoms with Gasteiger partial charge in [0, 0.05) is 11.6 Å². The first-order valence-corrected chi connectivity index (χ1v) is 15.2. The van der Waals surface area contributed by atoms with Crippen molar-refractivity contribution in [1.82, 2.24) is 19.7 Å². The van der Waals surface area contributed by atoms with Gasteiger partial charge in [-0.1, -0.05) is 46.2 Å². The lowest BCUT2D eigenvalue weighted by molar-refractivity contribution is 0.104. The van der Waals surface area contributed by atoms with Gasteiger partial charge in [-0.25, -0.2) is 9.67 Å². The zero-order valence-corrected chi connectivity index (χ0v) is 26.1. The van der Waals surface area contributed by atoms with E-state index in [1.807, 2.05) is 67.2 Å². The molecular formula is C31H43N5O2Si. The molecule has 3 aromatic heterocycles. The minimum atomic E-state index is -0.756. The Morgan fingerprint density at radius 1 is 1.00 bits per heavy atom. The van der Waals surface area contributed by atoms with Crippen LogP contribution in [0.1, 0.15) is 85.7 Å². The molecule has 0 aliphatic rings. The van der Waals surface area contributed by atoms with Crippen LogP contribution in [0.15, 0.2) is 54.7 Å². The summed E-state index contributed by atoms with van der Waals surface area (Å²) in [5.74, 6) is 1.50. The molecule has 7 nitrogen and oxygen atoms in total. The number of fused-ring (bicyclic) bond motifs is 1. The Balaban J connectivity index is 1.80. The van der Waals surface area contributed by atoms with Gasteiger partial charge >= 0.3 is 0 Å². The minimum Gasteiger partial charge on any atom is -0.490 e. The van der Waals surface area contributed by atoms with Crippen LogP contribution in [0.5, 0.6) is 5.75 Å². The van der Waals surface area contributed by atoms with E-state index in [9.17, 15) is 0 Å². The quantitative estimate of drug-likeness (QED) is 0.225. The number of rotatable bonds is 10. The van der Waals surface area contributed by atoms with Crippen molar-refractivity contribution in [1.29, 1.82) is 0 Å². The van der Waals surface area contributed by atoms with Gasteiger partial charge in [0.25, 0.3) is 0 Å². The molecule has 0 aliphatic heterocycles. The number of hydrogen-bond acceptors (Lipinski definition) is 6. The summed E-state index contributed by atoms with van der Waals surface area (Å²) in [5.41, 5.74) is 10.4. The zero-order chi connectivity index (χ0) is 28.4. The monoisotopic (exact) mass is 545 g/mol. The number of aromatic nitrogens is 4. The van der Waals surface area contributed by atoms with Crippen molar-refractivity contribution in [3.8, 4) is 22.8 Å². The summed E-state index contributed by atoms with van der Waals surface area (Å²) in [6, 6.07) is 16.1. The number of pyridine rings is 2. The van der Waals surface area contributed by atoms with Crippen molar-refractivity contribution in [2.45, 2.75) is 91.0 Å². The van der Waals surface area contributed by atoms with Gasteiger partial charge < -0.3 is 14.9 Å². The Labute approximate surface area is 235 Å². The third kappa shape index (κ3) is 6.93. The predicted molar refractivity (Wildman–Crippen MR) is 162 cm³/mol. The highest BCUT2D eigenvalue weighted by atomic mass is 28.2. The average Bonchev–Trinajstić information content (AvgIpc) is 3.32. The summed E-state index contributed by atoms with van der Waals surface area (Å²) in [5, 5.41) is 5.87. The van der Waals surface area contributed by atoms with Gasteiger partial charge in [0.05, 0.1) is 45.9 Å². The average molecular weight is 546 g/mol. The topological polar surface area (TPSA) is 88.1 Å². The molecule has 0 aliphatic carbocycles. The van der Waals surface area contributed by atoms with Crippen molar-refractivity contribution in [3.05, 3.63) is 66.1 Å². The molecule has 0 saturated carbocycles. The number of hydrogen-bond donors (Lipinski definition) is 1. The number of nitrogens with zero attached hydrogens (tertiary/aromatic N) is 4. The van der Waals surface area contributed by atoms with Gasteiger partial charge in [-0.3, -0.25) is 4.98 Å². The van der Waals surface area contributed by atoms with E-state index in [0.29, 0.717) is 0 Å². The largest absolute Gasteiger partial charge is 0.490 e. The Hall–Kier alpha value is -3.07. The fourth-order valence-corrected chi connectivity index (χ4v) is 5.34. The second kappa shape index (κ2) is 11.6. The van der Waals surface area contributed by atoms with Gasteiger partial charge in [-0.15, -0.1) is 0 Å². The van der Waals surface area contributed by atoms with Gasteiger partial charge in [-0.2, -0.15) is 5.10 Å². The summed E-state index contributed by atoms with van der Waals surface area (Å²) in [6.45, 7) is 17.1. The molecule has 2 N–H and O–H groups in total. The SMILES string of the molecule is CCC[C@H](N)c1cccc(-c2cc(OC(C)C)c3cnn(-c4cccc(C(C)(C)O[SiH2]C(C)(C)C)n4)c3c2)n1. The van der Waals surface area contributed by atoms with Crippen molar-refractivity contribution in [3.63, 3.8) is 0 Å². The second-order valence-electron chi connectivity index (χ2n) is 12.2. The van der Waals surface area contributed by atoms with Crippen molar-refractivity contribution in [2.75, 3.05) is 0 Å². The number of benzene rings is 1. The highest BCUT2D eigenvalue weighted by molar-refractivity contribution is 6.31. The van der Waals surface area contributed by atoms with Crippen LogP contribution in [0.25, 0.3) is 28.0 Å². The Morgan fingerprint density at radius 2 is 1.74 bits per heavy atom. The lowest BCUT2D eigenvalue weighted by atomic mass is 10.0. The second-order valence-corrected chi connectivity index (χ2v) is 14.9. The van der Waals surface area contributed by atoms with Crippen LogP contribution in [-0.2, 0) is 10.0 Å². The van der Waals surface area contributed by atoms with E-state index < -0.39 is 15.4 Å². The summed E-state index contributed by atoms with van der Waals surface area (Å²) < 4.78 is 14.6. The van der Waals surface area contributed by atoms with Crippen LogP contribution in [-0.4, -0.2) is 35.6 Å². The van der Waals surface area contributed by atoms with Crippen LogP contribution in [0.3, 0.4) is 0 Å². The molecule has 0 amide bonds. The van der Waals surface area contributed by atoms with E-state index >= 15 is 0 Å². The van der Waals surface area contributed by atoms with E-state index in [0.717, 1.165) is 58.0 Å². The molecule has 0 spiro atoms. The van der Waals surface area contributed by atoms with Crippen LogP contribution in [0.2, 0.25) is 5.04 Å². The van der Waals surface area contributed by atoms with Crippen LogP contribution < -0.4 is 10.5 Å². The molecule has 1 aromatic carbocycles. The van der Waals surface area contributed by atoms with Gasteiger partial charge in [0.1, 0.15) is 5.75 Å². The maximum atomic E-state index is 6.44. The molecule has 0 saturated heterocycles. The van der Waals surface area contributed by atoms with Crippen molar-refractivity contribution < 1.29 is 9.16 Å². The molecule has 3 heterocycles. The highest BCUT2D eigenvalue weighted by Crippen LogP contribution is 2.35. The first-order valence-electron chi connectivity index (χ1n) is 13.9. The molecule has 0 unspecified atom stereocenters. The number of nitrogens with two attached hydrogens (primary N) is 1. The van der Waals surface area contributed by atoms with Crippen molar-refractivity contribution >= 4 is 20.7 Å². The third-order valence-electron chi connectivity index (χ3n) is 6.49. The molecule has 208 valence electrons. The maximum absolute atomic E-state index is 6.44. The van der Waals surface area contributed by atoms with Gasteiger partial charge in [0.15, 0.2) is 15.6 Å². The van der Waals surface area contributed by atoms with E-state index in [1.165, 1.54) is 0 Å². The van der Waals surface area contributed by atoms with Gasteiger partial charge in [-0.05, 0) is 75.6 Å². The van der Waals surface area contributed by atoms with E-state index in [4.69, 9.17) is 30.0 Å². The van der Waals surface area contributed by atoms with E-state index in [1.54, 1.807) is 0 Å². The Bertz CT molecular complexity index is 1420. The maximum Gasteiger partial charge on any atom is 0.168 e. The Morgan fingerprint density at radius 3 is 2.44 bits per heavy atom. The molecule has 4 rings (SSSR count). The minimum absolute atomic E-state index is 0.00968. The first kappa shape index (κ1) is 28.9. The summed E-state index contributed by atoms with van der Waals surface area (Å²) in [4.78, 5) is 9.94. The van der Waals surface area contributed by atoms with E-state index in [-0.39, 0.29) is 17.2 Å². The molecular weight excluding hydrogens is 502 g/mol. The summed E-state index contributed by atoms with van der Waals surface area (Å²) >= 11 is 0. The Kier molecular flexibility index (Phi) is 8.59. The van der Waals surface area contributed by atoms with Crippen LogP contribution in [0.4, 0.5) is 0 Å². The zero-order valence-electron chi connectivity index (χ0n) is 24.7. The smallest absolute Gasteiger partial charge is 0.168 e. The number of ether oxygens (including phenoxy) is 1. The third-order valence-corrected chi connectivity index (χ3v) is 8.23. The van der Waals surface area contributed by atoms with Crippen LogP contribution in [0, 0.1) is 0 Å². The molecule has 0 fully saturated rings. The predicted octanol–water partition coefficient (Wildman–Crippen LogP) is 6.62. The van der Waals surface area contributed by atoms with Crippen molar-refractivity contribution in [2.24, 2.45) is 5.73 Å². The van der Waals surface area contributed by atoms with Crippen LogP contribution >= 0.6 is 0 Å². The van der Waals surface area contributed by atoms with Gasteiger partial charge in [0.2, 0.25) is 0 Å². The normalized spacial score (nSPS) is 13.6. The molecule has 8 heteroatoms. The molecule has 1 atom stereocenters. The molecule has 0 bridgehead atoms. The van der Waals surface area contributed by atoms with E-state index in [2.05, 4.69) is 47.6 Å². The lowest BCUT2D eigenvalue weighted by Gasteiger charge is -2.29. The standard InChI is InChI=1S/C31H43N5O2Si/c1-9-12-23(32)25-14-10-13-24(34-25)21-17-26-22(27(18-21)37-20(2)3)19-33-36(26)29-16-11-15-28(35-29)31(7,8)38-39-30(4,5)6/h10-11,13-20,23H,9,12,32,39H2,1-8H3/t23-/m0/s1. The molecule has 0 radical (unpaired) electrons.